The molecule has 1 fully saturated rings. The van der Waals surface area contributed by atoms with E-state index in [1.165, 1.54) is 12.1 Å². The third-order valence-electron chi connectivity index (χ3n) is 5.18. The number of hydrogen-bond donors (Lipinski definition) is 2. The lowest BCUT2D eigenvalue weighted by Crippen LogP contribution is -2.50. The number of nitrogen functional groups attached to an aromatic ring is 1. The molecule has 0 unspecified atom stereocenters. The first-order valence-electron chi connectivity index (χ1n) is 9.75. The number of halogens is 1. The summed E-state index contributed by atoms with van der Waals surface area (Å²) in [4.78, 5) is 25.1. The quantitative estimate of drug-likeness (QED) is 0.661. The average molecular weight is 426 g/mol. The number of carbonyl (C=O) groups excluding carboxylic acids is 1. The molecule has 0 bridgehead atoms. The number of aromatic nitrogens is 2. The van der Waals surface area contributed by atoms with Crippen LogP contribution in [0.3, 0.4) is 0 Å². The number of carbonyl (C=O) groups is 1. The van der Waals surface area contributed by atoms with Crippen LogP contribution in [-0.2, 0) is 0 Å². The van der Waals surface area contributed by atoms with Crippen molar-refractivity contribution in [2.24, 2.45) is 0 Å². The van der Waals surface area contributed by atoms with Crippen molar-refractivity contribution in [3.8, 4) is 11.5 Å². The number of anilines is 3. The summed E-state index contributed by atoms with van der Waals surface area (Å²) in [5.74, 6) is 1.44. The van der Waals surface area contributed by atoms with Crippen molar-refractivity contribution in [2.45, 2.75) is 0 Å². The summed E-state index contributed by atoms with van der Waals surface area (Å²) in [6.07, 6.45) is 0. The lowest BCUT2D eigenvalue weighted by Gasteiger charge is -2.34. The molecule has 31 heavy (non-hydrogen) atoms. The van der Waals surface area contributed by atoms with E-state index in [9.17, 15) is 9.18 Å². The Labute approximate surface area is 178 Å². The predicted octanol–water partition coefficient (Wildman–Crippen LogP) is 2.72. The average Bonchev–Trinajstić information content (AvgIpc) is 2.79. The fourth-order valence-electron chi connectivity index (χ4n) is 3.47. The molecule has 1 aliphatic rings. The standard InChI is InChI=1S/C21H23FN6O3/c1-30-17-11-13-16(12-18(17)31-2)24-20(26-19(13)23)27-7-9-28(10-8-27)21(29)25-15-6-4-3-5-14(15)22/h3-6,11-12H,7-10H2,1-2H3,(H,25,29)(H2,23,24,26). The maximum Gasteiger partial charge on any atom is 0.322 e. The zero-order valence-electron chi connectivity index (χ0n) is 17.3. The van der Waals surface area contributed by atoms with E-state index in [4.69, 9.17) is 15.2 Å². The monoisotopic (exact) mass is 426 g/mol. The fourth-order valence-corrected chi connectivity index (χ4v) is 3.47. The summed E-state index contributed by atoms with van der Waals surface area (Å²) < 4.78 is 24.4. The van der Waals surface area contributed by atoms with Gasteiger partial charge in [0.1, 0.15) is 11.6 Å². The van der Waals surface area contributed by atoms with E-state index in [1.807, 2.05) is 4.90 Å². The van der Waals surface area contributed by atoms with Crippen LogP contribution in [0.4, 0.5) is 26.6 Å². The highest BCUT2D eigenvalue weighted by molar-refractivity contribution is 5.92. The molecule has 9 nitrogen and oxygen atoms in total. The molecule has 1 saturated heterocycles. The van der Waals surface area contributed by atoms with E-state index in [-0.39, 0.29) is 11.7 Å². The Hall–Kier alpha value is -3.82. The summed E-state index contributed by atoms with van der Waals surface area (Å²) in [7, 11) is 3.11. The van der Waals surface area contributed by atoms with Gasteiger partial charge in [-0.1, -0.05) is 12.1 Å². The second-order valence-corrected chi connectivity index (χ2v) is 7.02. The molecule has 2 amide bonds. The maximum absolute atomic E-state index is 13.8. The molecule has 1 aromatic heterocycles. The first-order valence-corrected chi connectivity index (χ1v) is 9.75. The highest BCUT2D eigenvalue weighted by Gasteiger charge is 2.24. The smallest absolute Gasteiger partial charge is 0.322 e. The van der Waals surface area contributed by atoms with Gasteiger partial charge in [0.05, 0.1) is 25.4 Å². The zero-order chi connectivity index (χ0) is 22.0. The van der Waals surface area contributed by atoms with Crippen molar-refractivity contribution in [1.82, 2.24) is 14.9 Å². The SMILES string of the molecule is COc1cc2nc(N3CCN(C(=O)Nc4ccccc4F)CC3)nc(N)c2cc1OC. The number of nitrogens with one attached hydrogen (secondary N) is 1. The largest absolute Gasteiger partial charge is 0.493 e. The topological polar surface area (TPSA) is 106 Å². The third-order valence-corrected chi connectivity index (χ3v) is 5.18. The van der Waals surface area contributed by atoms with E-state index < -0.39 is 5.82 Å². The molecule has 0 spiro atoms. The molecule has 2 aromatic carbocycles. The van der Waals surface area contributed by atoms with Crippen molar-refractivity contribution < 1.29 is 18.7 Å². The van der Waals surface area contributed by atoms with Gasteiger partial charge in [-0.15, -0.1) is 0 Å². The molecule has 1 aliphatic heterocycles. The van der Waals surface area contributed by atoms with E-state index >= 15 is 0 Å². The minimum Gasteiger partial charge on any atom is -0.493 e. The Morgan fingerprint density at radius 3 is 2.42 bits per heavy atom. The number of hydrogen-bond acceptors (Lipinski definition) is 7. The molecule has 4 rings (SSSR count). The maximum atomic E-state index is 13.8. The van der Waals surface area contributed by atoms with Crippen LogP contribution in [-0.4, -0.2) is 61.3 Å². The number of para-hydroxylation sites is 1. The molecule has 162 valence electrons. The summed E-state index contributed by atoms with van der Waals surface area (Å²) in [6.45, 7) is 1.91. The van der Waals surface area contributed by atoms with E-state index in [2.05, 4.69) is 15.3 Å². The third kappa shape index (κ3) is 4.09. The van der Waals surface area contributed by atoms with Gasteiger partial charge >= 0.3 is 6.03 Å². The van der Waals surface area contributed by atoms with Crippen LogP contribution in [0.1, 0.15) is 0 Å². The predicted molar refractivity (Wildman–Crippen MR) is 116 cm³/mol. The first kappa shape index (κ1) is 20.5. The minimum atomic E-state index is -0.471. The van der Waals surface area contributed by atoms with Gasteiger partial charge < -0.3 is 30.3 Å². The first-order chi connectivity index (χ1) is 15.0. The van der Waals surface area contributed by atoms with Gasteiger partial charge in [0.15, 0.2) is 11.5 Å². The second-order valence-electron chi connectivity index (χ2n) is 7.02. The molecule has 0 radical (unpaired) electrons. The zero-order valence-corrected chi connectivity index (χ0v) is 17.3. The number of nitrogens with zero attached hydrogens (tertiary/aromatic N) is 4. The van der Waals surface area contributed by atoms with Gasteiger partial charge in [-0.3, -0.25) is 0 Å². The highest BCUT2D eigenvalue weighted by Crippen LogP contribution is 2.34. The Morgan fingerprint density at radius 1 is 1.06 bits per heavy atom. The Morgan fingerprint density at radius 2 is 1.74 bits per heavy atom. The number of nitrogens with two attached hydrogens (primary N) is 1. The van der Waals surface area contributed by atoms with Crippen LogP contribution in [0, 0.1) is 5.82 Å². The van der Waals surface area contributed by atoms with Gasteiger partial charge in [-0.25, -0.2) is 14.2 Å². The van der Waals surface area contributed by atoms with Crippen molar-refractivity contribution in [3.05, 3.63) is 42.2 Å². The van der Waals surface area contributed by atoms with Crippen LogP contribution < -0.4 is 25.4 Å². The number of methoxy groups -OCH3 is 2. The summed E-state index contributed by atoms with van der Waals surface area (Å²) >= 11 is 0. The van der Waals surface area contributed by atoms with Crippen LogP contribution >= 0.6 is 0 Å². The van der Waals surface area contributed by atoms with Crippen LogP contribution in [0.15, 0.2) is 36.4 Å². The molecule has 3 N–H and O–H groups in total. The summed E-state index contributed by atoms with van der Waals surface area (Å²) in [5.41, 5.74) is 6.97. The number of urea groups is 1. The summed E-state index contributed by atoms with van der Waals surface area (Å²) in [5, 5.41) is 3.28. The van der Waals surface area contributed by atoms with Gasteiger partial charge in [0, 0.05) is 37.6 Å². The molecule has 0 atom stereocenters. The van der Waals surface area contributed by atoms with Crippen LogP contribution in [0.25, 0.3) is 10.9 Å². The Bertz CT molecular complexity index is 1120. The second kappa shape index (κ2) is 8.50. The molecule has 2 heterocycles. The van der Waals surface area contributed by atoms with Crippen molar-refractivity contribution in [1.29, 1.82) is 0 Å². The lowest BCUT2D eigenvalue weighted by molar-refractivity contribution is 0.208. The molecular formula is C21H23FN6O3. The highest BCUT2D eigenvalue weighted by atomic mass is 19.1. The molecule has 0 saturated carbocycles. The van der Waals surface area contributed by atoms with Gasteiger partial charge in [-0.2, -0.15) is 4.98 Å². The van der Waals surface area contributed by atoms with Gasteiger partial charge in [-0.05, 0) is 18.2 Å². The minimum absolute atomic E-state index is 0.157. The fraction of sp³-hybridized carbons (Fsp3) is 0.286. The van der Waals surface area contributed by atoms with Crippen LogP contribution in [0.5, 0.6) is 11.5 Å². The van der Waals surface area contributed by atoms with Crippen molar-refractivity contribution >= 4 is 34.4 Å². The van der Waals surface area contributed by atoms with Gasteiger partial charge in [0.25, 0.3) is 0 Å². The molecule has 0 aliphatic carbocycles. The van der Waals surface area contributed by atoms with Crippen molar-refractivity contribution in [3.63, 3.8) is 0 Å². The van der Waals surface area contributed by atoms with E-state index in [0.717, 1.165) is 0 Å². The number of fused-ring (bicyclic) bond motifs is 1. The number of piperazine rings is 1. The number of ether oxygens (including phenoxy) is 2. The van der Waals surface area contributed by atoms with Crippen LogP contribution in [0.2, 0.25) is 0 Å². The Balaban J connectivity index is 1.48. The number of benzene rings is 2. The lowest BCUT2D eigenvalue weighted by atomic mass is 10.2. The number of amides is 2. The molecule has 10 heteroatoms. The Kier molecular flexibility index (Phi) is 5.61. The van der Waals surface area contributed by atoms with E-state index in [0.29, 0.717) is 60.3 Å². The molecule has 3 aromatic rings. The van der Waals surface area contributed by atoms with E-state index in [1.54, 1.807) is 43.4 Å². The normalized spacial score (nSPS) is 13.9. The summed E-state index contributed by atoms with van der Waals surface area (Å²) in [6, 6.07) is 9.23. The number of rotatable bonds is 4. The van der Waals surface area contributed by atoms with Crippen molar-refractivity contribution in [2.75, 3.05) is 56.3 Å². The van der Waals surface area contributed by atoms with Gasteiger partial charge in [0.2, 0.25) is 5.95 Å². The molecular weight excluding hydrogens is 403 g/mol.